The summed E-state index contributed by atoms with van der Waals surface area (Å²) in [4.78, 5) is 15.4. The lowest BCUT2D eigenvalue weighted by molar-refractivity contribution is -0.119. The Balaban J connectivity index is 1.58. The number of ether oxygens (including phenoxy) is 1. The van der Waals surface area contributed by atoms with Gasteiger partial charge in [-0.15, -0.1) is 0 Å². The third-order valence-electron chi connectivity index (χ3n) is 3.97. The Bertz CT molecular complexity index is 855. The molecule has 0 aliphatic carbocycles. The molecule has 25 heavy (non-hydrogen) atoms. The average Bonchev–Trinajstić information content (AvgIpc) is 2.98. The van der Waals surface area contributed by atoms with Crippen molar-refractivity contribution >= 4 is 16.9 Å². The fourth-order valence-corrected chi connectivity index (χ4v) is 2.79. The van der Waals surface area contributed by atoms with Crippen molar-refractivity contribution in [3.05, 3.63) is 59.9 Å². The highest BCUT2D eigenvalue weighted by Crippen LogP contribution is 2.16. The van der Waals surface area contributed by atoms with E-state index in [-0.39, 0.29) is 6.61 Å². The summed E-state index contributed by atoms with van der Waals surface area (Å²) in [6, 6.07) is 15.8. The minimum Gasteiger partial charge on any atom is -0.484 e. The van der Waals surface area contributed by atoms with Crippen LogP contribution in [0.15, 0.2) is 48.5 Å². The highest BCUT2D eigenvalue weighted by Gasteiger charge is 2.08. The standard InChI is InChI=1S/C19H22N4O2/c1-2-23-17-6-4-3-5-16(17)22-19(23)12-21-11-14-7-9-15(10-8-14)25-13-18(20)24/h3-10,21H,2,11-13H2,1H3,(H2,20,24). The number of nitrogens with zero attached hydrogens (tertiary/aromatic N) is 2. The first-order valence-corrected chi connectivity index (χ1v) is 8.32. The van der Waals surface area contributed by atoms with Crippen molar-refractivity contribution in [2.24, 2.45) is 5.73 Å². The number of benzene rings is 2. The van der Waals surface area contributed by atoms with Crippen LogP contribution >= 0.6 is 0 Å². The zero-order valence-electron chi connectivity index (χ0n) is 14.2. The molecule has 0 atom stereocenters. The fraction of sp³-hybridized carbons (Fsp3) is 0.263. The number of primary amides is 1. The molecule has 0 aliphatic heterocycles. The number of carbonyl (C=O) groups is 1. The van der Waals surface area contributed by atoms with Crippen LogP contribution < -0.4 is 15.8 Å². The summed E-state index contributed by atoms with van der Waals surface area (Å²) in [7, 11) is 0. The van der Waals surface area contributed by atoms with Crippen molar-refractivity contribution < 1.29 is 9.53 Å². The number of fused-ring (bicyclic) bond motifs is 1. The van der Waals surface area contributed by atoms with Crippen LogP contribution in [-0.4, -0.2) is 22.1 Å². The molecule has 1 amide bonds. The van der Waals surface area contributed by atoms with Crippen molar-refractivity contribution in [3.63, 3.8) is 0 Å². The Morgan fingerprint density at radius 2 is 1.92 bits per heavy atom. The normalized spacial score (nSPS) is 10.9. The van der Waals surface area contributed by atoms with Gasteiger partial charge >= 0.3 is 0 Å². The van der Waals surface area contributed by atoms with Gasteiger partial charge in [-0.3, -0.25) is 4.79 Å². The van der Waals surface area contributed by atoms with Gasteiger partial charge in [-0.05, 0) is 36.8 Å². The average molecular weight is 338 g/mol. The second-order valence-electron chi connectivity index (χ2n) is 5.76. The van der Waals surface area contributed by atoms with E-state index in [0.717, 1.165) is 35.5 Å². The summed E-state index contributed by atoms with van der Waals surface area (Å²) in [5.41, 5.74) is 8.38. The molecule has 0 aliphatic rings. The molecule has 1 heterocycles. The number of amides is 1. The van der Waals surface area contributed by atoms with E-state index < -0.39 is 5.91 Å². The van der Waals surface area contributed by atoms with Crippen LogP contribution in [0.25, 0.3) is 11.0 Å². The van der Waals surface area contributed by atoms with Crippen molar-refractivity contribution in [1.29, 1.82) is 0 Å². The van der Waals surface area contributed by atoms with Crippen LogP contribution in [0.4, 0.5) is 0 Å². The molecule has 3 aromatic rings. The Kier molecular flexibility index (Phi) is 5.30. The molecule has 3 rings (SSSR count). The lowest BCUT2D eigenvalue weighted by Crippen LogP contribution is -2.20. The van der Waals surface area contributed by atoms with E-state index in [1.807, 2.05) is 42.5 Å². The number of nitrogens with two attached hydrogens (primary N) is 1. The van der Waals surface area contributed by atoms with Crippen molar-refractivity contribution in [2.45, 2.75) is 26.6 Å². The van der Waals surface area contributed by atoms with E-state index in [4.69, 9.17) is 15.5 Å². The zero-order valence-corrected chi connectivity index (χ0v) is 14.2. The SMILES string of the molecule is CCn1c(CNCc2ccc(OCC(N)=O)cc2)nc2ccccc21. The van der Waals surface area contributed by atoms with Gasteiger partial charge in [0.15, 0.2) is 6.61 Å². The predicted octanol–water partition coefficient (Wildman–Crippen LogP) is 2.21. The summed E-state index contributed by atoms with van der Waals surface area (Å²) in [5.74, 6) is 1.19. The van der Waals surface area contributed by atoms with Gasteiger partial charge < -0.3 is 20.4 Å². The number of para-hydroxylation sites is 2. The molecule has 2 aromatic carbocycles. The molecule has 6 nitrogen and oxygen atoms in total. The molecule has 0 radical (unpaired) electrons. The van der Waals surface area contributed by atoms with Gasteiger partial charge in [-0.25, -0.2) is 4.98 Å². The van der Waals surface area contributed by atoms with Crippen LogP contribution in [0.3, 0.4) is 0 Å². The van der Waals surface area contributed by atoms with Crippen LogP contribution in [0.5, 0.6) is 5.75 Å². The van der Waals surface area contributed by atoms with Gasteiger partial charge in [0.25, 0.3) is 5.91 Å². The van der Waals surface area contributed by atoms with Gasteiger partial charge in [0.05, 0.1) is 17.6 Å². The number of imidazole rings is 1. The molecule has 1 aromatic heterocycles. The van der Waals surface area contributed by atoms with Crippen LogP contribution in [0.2, 0.25) is 0 Å². The first kappa shape index (κ1) is 17.0. The fourth-order valence-electron chi connectivity index (χ4n) is 2.79. The second kappa shape index (κ2) is 7.81. The van der Waals surface area contributed by atoms with Crippen LogP contribution in [-0.2, 0) is 24.4 Å². The number of carbonyl (C=O) groups excluding carboxylic acids is 1. The van der Waals surface area contributed by atoms with Crippen molar-refractivity contribution in [3.8, 4) is 5.75 Å². The molecule has 3 N–H and O–H groups in total. The van der Waals surface area contributed by atoms with Crippen molar-refractivity contribution in [1.82, 2.24) is 14.9 Å². The van der Waals surface area contributed by atoms with Gasteiger partial charge in [-0.1, -0.05) is 24.3 Å². The maximum absolute atomic E-state index is 10.7. The quantitative estimate of drug-likeness (QED) is 0.660. The maximum Gasteiger partial charge on any atom is 0.255 e. The van der Waals surface area contributed by atoms with Gasteiger partial charge in [0.1, 0.15) is 11.6 Å². The Morgan fingerprint density at radius 1 is 1.16 bits per heavy atom. The topological polar surface area (TPSA) is 82.2 Å². The number of hydrogen-bond acceptors (Lipinski definition) is 4. The van der Waals surface area contributed by atoms with E-state index in [1.165, 1.54) is 0 Å². The van der Waals surface area contributed by atoms with E-state index in [1.54, 1.807) is 0 Å². The summed E-state index contributed by atoms with van der Waals surface area (Å²) in [6.45, 7) is 4.34. The molecule has 130 valence electrons. The molecule has 6 heteroatoms. The monoisotopic (exact) mass is 338 g/mol. The highest BCUT2D eigenvalue weighted by atomic mass is 16.5. The molecule has 0 unspecified atom stereocenters. The van der Waals surface area contributed by atoms with Gasteiger partial charge in [0.2, 0.25) is 0 Å². The summed E-state index contributed by atoms with van der Waals surface area (Å²) < 4.78 is 7.48. The number of nitrogens with one attached hydrogen (secondary N) is 1. The van der Waals surface area contributed by atoms with Crippen molar-refractivity contribution in [2.75, 3.05) is 6.61 Å². The first-order chi connectivity index (χ1) is 12.2. The lowest BCUT2D eigenvalue weighted by Gasteiger charge is -2.08. The maximum atomic E-state index is 10.7. The Labute approximate surface area is 146 Å². The number of rotatable bonds is 8. The van der Waals surface area contributed by atoms with E-state index >= 15 is 0 Å². The second-order valence-corrected chi connectivity index (χ2v) is 5.76. The smallest absolute Gasteiger partial charge is 0.255 e. The molecular formula is C19H22N4O2. The highest BCUT2D eigenvalue weighted by molar-refractivity contribution is 5.76. The zero-order chi connectivity index (χ0) is 17.6. The molecular weight excluding hydrogens is 316 g/mol. The molecule has 0 fully saturated rings. The largest absolute Gasteiger partial charge is 0.484 e. The predicted molar refractivity (Wildman–Crippen MR) is 97.1 cm³/mol. The first-order valence-electron chi connectivity index (χ1n) is 8.32. The minimum absolute atomic E-state index is 0.106. The molecule has 0 saturated carbocycles. The molecule has 0 bridgehead atoms. The third-order valence-corrected chi connectivity index (χ3v) is 3.97. The van der Waals surface area contributed by atoms with E-state index in [9.17, 15) is 4.79 Å². The van der Waals surface area contributed by atoms with Crippen LogP contribution in [0.1, 0.15) is 18.3 Å². The Morgan fingerprint density at radius 3 is 2.64 bits per heavy atom. The summed E-state index contributed by atoms with van der Waals surface area (Å²) >= 11 is 0. The molecule has 0 saturated heterocycles. The van der Waals surface area contributed by atoms with E-state index in [0.29, 0.717) is 12.3 Å². The van der Waals surface area contributed by atoms with E-state index in [2.05, 4.69) is 22.9 Å². The lowest BCUT2D eigenvalue weighted by atomic mass is 10.2. The third kappa shape index (κ3) is 4.16. The van der Waals surface area contributed by atoms with Crippen LogP contribution in [0, 0.1) is 0 Å². The van der Waals surface area contributed by atoms with Gasteiger partial charge in [-0.2, -0.15) is 0 Å². The Hall–Kier alpha value is -2.86. The number of aromatic nitrogens is 2. The van der Waals surface area contributed by atoms with Gasteiger partial charge in [0, 0.05) is 13.1 Å². The summed E-state index contributed by atoms with van der Waals surface area (Å²) in [5, 5.41) is 3.43. The molecule has 0 spiro atoms. The number of aryl methyl sites for hydroxylation is 1. The number of hydrogen-bond donors (Lipinski definition) is 2. The minimum atomic E-state index is -0.482. The summed E-state index contributed by atoms with van der Waals surface area (Å²) in [6.07, 6.45) is 0.